The van der Waals surface area contributed by atoms with Gasteiger partial charge in [-0.3, -0.25) is 9.59 Å². The van der Waals surface area contributed by atoms with E-state index in [1.807, 2.05) is 12.2 Å². The molecule has 5 heteroatoms. The molecule has 0 radical (unpaired) electrons. The Kier molecular flexibility index (Phi) is 1.75. The maximum Gasteiger partial charge on any atom is 0.305 e. The van der Waals surface area contributed by atoms with Gasteiger partial charge in [0, 0.05) is 13.8 Å². The molecule has 2 bridgehead atoms. The number of carbonyl (C=O) groups excluding carboxylic acids is 2. The lowest BCUT2D eigenvalue weighted by Crippen LogP contribution is -2.34. The minimum atomic E-state index is -1.07. The fourth-order valence-corrected chi connectivity index (χ4v) is 2.90. The van der Waals surface area contributed by atoms with Gasteiger partial charge in [0.05, 0.1) is 24.0 Å². The first-order valence-corrected chi connectivity index (χ1v) is 5.27. The third-order valence-electron chi connectivity index (χ3n) is 3.33. The number of hydrogen-bond donors (Lipinski definition) is 0. The van der Waals surface area contributed by atoms with E-state index in [0.717, 1.165) is 0 Å². The van der Waals surface area contributed by atoms with Gasteiger partial charge in [0.15, 0.2) is 0 Å². The number of carbonyl (C=O) groups is 2. The quantitative estimate of drug-likeness (QED) is 0.386. The van der Waals surface area contributed by atoms with Crippen LogP contribution in [-0.2, 0) is 23.8 Å². The average Bonchev–Trinajstić information content (AvgIpc) is 2.58. The lowest BCUT2D eigenvalue weighted by Gasteiger charge is -2.23. The van der Waals surface area contributed by atoms with E-state index in [0.29, 0.717) is 0 Å². The molecule has 1 saturated heterocycles. The SMILES string of the molecule is CC(=O)OC1(OC(C)=O)C2C3C=CC(O3)C21. The average molecular weight is 224 g/mol. The Morgan fingerprint density at radius 3 is 1.88 bits per heavy atom. The second-order valence-electron chi connectivity index (χ2n) is 4.41. The van der Waals surface area contributed by atoms with Gasteiger partial charge < -0.3 is 14.2 Å². The molecule has 1 saturated carbocycles. The van der Waals surface area contributed by atoms with Gasteiger partial charge in [-0.1, -0.05) is 12.2 Å². The molecule has 0 spiro atoms. The van der Waals surface area contributed by atoms with E-state index in [4.69, 9.17) is 14.2 Å². The van der Waals surface area contributed by atoms with Gasteiger partial charge in [0.2, 0.25) is 0 Å². The molecule has 3 aliphatic rings. The van der Waals surface area contributed by atoms with E-state index >= 15 is 0 Å². The Morgan fingerprint density at radius 2 is 1.50 bits per heavy atom. The fraction of sp³-hybridized carbons (Fsp3) is 0.636. The normalized spacial score (nSPS) is 40.4. The van der Waals surface area contributed by atoms with Crippen LogP contribution in [0.4, 0.5) is 0 Å². The van der Waals surface area contributed by atoms with Crippen molar-refractivity contribution in [1.29, 1.82) is 0 Å². The monoisotopic (exact) mass is 224 g/mol. The first-order chi connectivity index (χ1) is 7.54. The number of rotatable bonds is 2. The molecule has 4 unspecified atom stereocenters. The zero-order chi connectivity index (χ0) is 11.5. The van der Waals surface area contributed by atoms with Crippen molar-refractivity contribution in [3.05, 3.63) is 12.2 Å². The van der Waals surface area contributed by atoms with E-state index in [-0.39, 0.29) is 24.0 Å². The first-order valence-electron chi connectivity index (χ1n) is 5.27. The Labute approximate surface area is 92.3 Å². The zero-order valence-corrected chi connectivity index (χ0v) is 9.01. The summed E-state index contributed by atoms with van der Waals surface area (Å²) >= 11 is 0. The van der Waals surface area contributed by atoms with E-state index < -0.39 is 17.7 Å². The van der Waals surface area contributed by atoms with E-state index in [1.54, 1.807) is 0 Å². The third kappa shape index (κ3) is 1.09. The van der Waals surface area contributed by atoms with E-state index in [9.17, 15) is 9.59 Å². The summed E-state index contributed by atoms with van der Waals surface area (Å²) < 4.78 is 16.0. The molecule has 2 fully saturated rings. The smallest absolute Gasteiger partial charge is 0.305 e. The van der Waals surface area contributed by atoms with Gasteiger partial charge in [-0.15, -0.1) is 0 Å². The molecule has 0 aromatic heterocycles. The molecule has 4 atom stereocenters. The van der Waals surface area contributed by atoms with Gasteiger partial charge in [0.1, 0.15) is 0 Å². The summed E-state index contributed by atoms with van der Waals surface area (Å²) in [6, 6.07) is 0. The van der Waals surface area contributed by atoms with Crippen LogP contribution in [0.1, 0.15) is 13.8 Å². The van der Waals surface area contributed by atoms with Crippen LogP contribution in [0, 0.1) is 11.8 Å². The number of esters is 2. The number of hydrogen-bond acceptors (Lipinski definition) is 5. The Balaban J connectivity index is 1.85. The molecule has 0 N–H and O–H groups in total. The van der Waals surface area contributed by atoms with Crippen molar-refractivity contribution in [2.24, 2.45) is 11.8 Å². The molecule has 86 valence electrons. The highest BCUT2D eigenvalue weighted by atomic mass is 16.8. The van der Waals surface area contributed by atoms with Crippen LogP contribution in [-0.4, -0.2) is 29.9 Å². The molecule has 16 heavy (non-hydrogen) atoms. The number of ether oxygens (including phenoxy) is 3. The van der Waals surface area contributed by atoms with Crippen LogP contribution in [0.15, 0.2) is 12.2 Å². The Hall–Kier alpha value is -1.36. The standard InChI is InChI=1S/C11H12O5/c1-5(12)15-11(16-6(2)13)9-7-3-4-8(14-7)10(9)11/h3-4,7-10H,1-2H3. The van der Waals surface area contributed by atoms with Crippen LogP contribution < -0.4 is 0 Å². The molecule has 3 rings (SSSR count). The highest BCUT2D eigenvalue weighted by Crippen LogP contribution is 2.66. The van der Waals surface area contributed by atoms with Crippen LogP contribution in [0.5, 0.6) is 0 Å². The lowest BCUT2D eigenvalue weighted by molar-refractivity contribution is -0.210. The van der Waals surface area contributed by atoms with Gasteiger partial charge in [-0.2, -0.15) is 0 Å². The van der Waals surface area contributed by atoms with Gasteiger partial charge in [-0.05, 0) is 0 Å². The maximum atomic E-state index is 11.1. The third-order valence-corrected chi connectivity index (χ3v) is 3.33. The zero-order valence-electron chi connectivity index (χ0n) is 9.01. The molecule has 2 heterocycles. The molecule has 1 aliphatic carbocycles. The maximum absolute atomic E-state index is 11.1. The van der Waals surface area contributed by atoms with Crippen LogP contribution in [0.3, 0.4) is 0 Å². The predicted octanol–water partition coefficient (Wildman–Crippen LogP) is 0.392. The molecule has 5 nitrogen and oxygen atoms in total. The highest BCUT2D eigenvalue weighted by molar-refractivity contribution is 5.70. The largest absolute Gasteiger partial charge is 0.422 e. The summed E-state index contributed by atoms with van der Waals surface area (Å²) in [5.41, 5.74) is 0. The van der Waals surface area contributed by atoms with E-state index in [2.05, 4.69) is 0 Å². The number of fused-ring (bicyclic) bond motifs is 5. The molecular weight excluding hydrogens is 212 g/mol. The summed E-state index contributed by atoms with van der Waals surface area (Å²) in [7, 11) is 0. The second kappa shape index (κ2) is 2.85. The lowest BCUT2D eigenvalue weighted by atomic mass is 10.1. The summed E-state index contributed by atoms with van der Waals surface area (Å²) in [6.07, 6.45) is 3.68. The fourth-order valence-electron chi connectivity index (χ4n) is 2.90. The summed E-state index contributed by atoms with van der Waals surface area (Å²) in [4.78, 5) is 22.1. The van der Waals surface area contributed by atoms with Crippen LogP contribution in [0.2, 0.25) is 0 Å². The highest BCUT2D eigenvalue weighted by Gasteiger charge is 2.81. The van der Waals surface area contributed by atoms with Crippen molar-refractivity contribution in [2.45, 2.75) is 31.8 Å². The minimum Gasteiger partial charge on any atom is -0.422 e. The topological polar surface area (TPSA) is 61.8 Å². The van der Waals surface area contributed by atoms with Crippen molar-refractivity contribution in [3.8, 4) is 0 Å². The van der Waals surface area contributed by atoms with Crippen molar-refractivity contribution in [2.75, 3.05) is 0 Å². The minimum absolute atomic E-state index is 0.0321. The Bertz CT molecular complexity index is 363. The van der Waals surface area contributed by atoms with Gasteiger partial charge >= 0.3 is 11.9 Å². The van der Waals surface area contributed by atoms with Crippen molar-refractivity contribution >= 4 is 11.9 Å². The van der Waals surface area contributed by atoms with Gasteiger partial charge in [-0.25, -0.2) is 0 Å². The van der Waals surface area contributed by atoms with Crippen LogP contribution >= 0.6 is 0 Å². The van der Waals surface area contributed by atoms with E-state index in [1.165, 1.54) is 13.8 Å². The van der Waals surface area contributed by atoms with Crippen LogP contribution in [0.25, 0.3) is 0 Å². The summed E-state index contributed by atoms with van der Waals surface area (Å²) in [5, 5.41) is 0. The molecule has 0 aromatic rings. The first kappa shape index (κ1) is 9.84. The predicted molar refractivity (Wildman–Crippen MR) is 51.0 cm³/mol. The molecule has 2 aliphatic heterocycles. The Morgan fingerprint density at radius 1 is 1.06 bits per heavy atom. The van der Waals surface area contributed by atoms with Crippen molar-refractivity contribution in [1.82, 2.24) is 0 Å². The van der Waals surface area contributed by atoms with Crippen molar-refractivity contribution in [3.63, 3.8) is 0 Å². The molecule has 0 aromatic carbocycles. The summed E-state index contributed by atoms with van der Waals surface area (Å²) in [5.74, 6) is -2.01. The van der Waals surface area contributed by atoms with Gasteiger partial charge in [0.25, 0.3) is 5.79 Å². The second-order valence-corrected chi connectivity index (χ2v) is 4.41. The molecule has 0 amide bonds. The summed E-state index contributed by atoms with van der Waals surface area (Å²) in [6.45, 7) is 2.63. The van der Waals surface area contributed by atoms with Crippen molar-refractivity contribution < 1.29 is 23.8 Å². The molecular formula is C11H12O5.